The van der Waals surface area contributed by atoms with Gasteiger partial charge in [0.25, 0.3) is 0 Å². The van der Waals surface area contributed by atoms with Gasteiger partial charge in [-0.3, -0.25) is 4.79 Å². The Morgan fingerprint density at radius 1 is 1.47 bits per heavy atom. The van der Waals surface area contributed by atoms with Crippen LogP contribution in [0.2, 0.25) is 0 Å². The van der Waals surface area contributed by atoms with Crippen LogP contribution in [-0.2, 0) is 9.53 Å². The van der Waals surface area contributed by atoms with Crippen LogP contribution in [0.3, 0.4) is 0 Å². The molecule has 0 radical (unpaired) electrons. The van der Waals surface area contributed by atoms with Crippen molar-refractivity contribution in [3.8, 4) is 0 Å². The summed E-state index contributed by atoms with van der Waals surface area (Å²) < 4.78 is 4.84. The molecule has 1 N–H and O–H groups in total. The van der Waals surface area contributed by atoms with E-state index < -0.39 is 0 Å². The van der Waals surface area contributed by atoms with Gasteiger partial charge < -0.3 is 10.1 Å². The lowest BCUT2D eigenvalue weighted by Crippen LogP contribution is -2.46. The highest BCUT2D eigenvalue weighted by atomic mass is 16.5. The van der Waals surface area contributed by atoms with Gasteiger partial charge in [0.05, 0.1) is 7.11 Å². The third-order valence-corrected chi connectivity index (χ3v) is 3.44. The molecule has 0 saturated heterocycles. The highest BCUT2D eigenvalue weighted by Gasteiger charge is 2.28. The van der Waals surface area contributed by atoms with Crippen LogP contribution in [0.1, 0.15) is 46.0 Å². The summed E-state index contributed by atoms with van der Waals surface area (Å²) in [6.45, 7) is 4.21. The van der Waals surface area contributed by atoms with Crippen LogP contribution < -0.4 is 5.32 Å². The van der Waals surface area contributed by atoms with E-state index in [0.29, 0.717) is 12.0 Å². The van der Waals surface area contributed by atoms with Crippen molar-refractivity contribution < 1.29 is 9.53 Å². The van der Waals surface area contributed by atoms with Crippen LogP contribution in [-0.4, -0.2) is 25.2 Å². The van der Waals surface area contributed by atoms with Crippen LogP contribution in [0.15, 0.2) is 0 Å². The summed E-state index contributed by atoms with van der Waals surface area (Å²) in [5, 5.41) is 3.44. The normalized spacial score (nSPS) is 21.3. The first-order chi connectivity index (χ1) is 7.19. The number of carbonyl (C=O) groups is 1. The summed E-state index contributed by atoms with van der Waals surface area (Å²) >= 11 is 0. The third-order valence-electron chi connectivity index (χ3n) is 3.44. The Morgan fingerprint density at radius 3 is 2.53 bits per heavy atom. The Bertz CT molecular complexity index is 200. The number of hydrogen-bond acceptors (Lipinski definition) is 3. The lowest BCUT2D eigenvalue weighted by Gasteiger charge is -2.25. The molecule has 2 atom stereocenters. The molecule has 1 saturated carbocycles. The molecule has 3 heteroatoms. The molecule has 0 spiro atoms. The van der Waals surface area contributed by atoms with Gasteiger partial charge >= 0.3 is 5.97 Å². The number of rotatable bonds is 5. The molecule has 0 aliphatic heterocycles. The Kier molecular flexibility index (Phi) is 5.09. The van der Waals surface area contributed by atoms with Gasteiger partial charge in [0.2, 0.25) is 0 Å². The van der Waals surface area contributed by atoms with E-state index in [1.807, 2.05) is 0 Å². The fourth-order valence-electron chi connectivity index (χ4n) is 2.17. The number of ether oxygens (including phenoxy) is 1. The predicted octanol–water partition coefficient (Wildman–Crippen LogP) is 2.11. The summed E-state index contributed by atoms with van der Waals surface area (Å²) in [6.07, 6.45) is 5.96. The van der Waals surface area contributed by atoms with Crippen molar-refractivity contribution in [3.63, 3.8) is 0 Å². The summed E-state index contributed by atoms with van der Waals surface area (Å²) in [4.78, 5) is 11.6. The first-order valence-corrected chi connectivity index (χ1v) is 6.03. The summed E-state index contributed by atoms with van der Waals surface area (Å²) in [5.41, 5.74) is 0. The maximum atomic E-state index is 11.6. The largest absolute Gasteiger partial charge is 0.468 e. The van der Waals surface area contributed by atoms with E-state index in [0.717, 1.165) is 6.42 Å². The first kappa shape index (κ1) is 12.5. The number of carbonyl (C=O) groups excluding carboxylic acids is 1. The Hall–Kier alpha value is -0.570. The Morgan fingerprint density at radius 2 is 2.07 bits per heavy atom. The quantitative estimate of drug-likeness (QED) is 0.711. The molecule has 1 fully saturated rings. The minimum absolute atomic E-state index is 0.115. The molecule has 0 aromatic heterocycles. The molecular formula is C12H23NO2. The fraction of sp³-hybridized carbons (Fsp3) is 0.917. The maximum absolute atomic E-state index is 11.6. The molecule has 1 rings (SSSR count). The molecule has 3 nitrogen and oxygen atoms in total. The highest BCUT2D eigenvalue weighted by Crippen LogP contribution is 2.20. The van der Waals surface area contributed by atoms with Crippen molar-refractivity contribution in [2.24, 2.45) is 5.92 Å². The van der Waals surface area contributed by atoms with Gasteiger partial charge in [0.1, 0.15) is 6.04 Å². The molecule has 2 unspecified atom stereocenters. The Labute approximate surface area is 92.6 Å². The number of nitrogens with one attached hydrogen (secondary N) is 1. The highest BCUT2D eigenvalue weighted by molar-refractivity contribution is 5.76. The van der Waals surface area contributed by atoms with Crippen LogP contribution in [0.5, 0.6) is 0 Å². The molecule has 0 aromatic carbocycles. The molecule has 1 aliphatic carbocycles. The molecule has 15 heavy (non-hydrogen) atoms. The van der Waals surface area contributed by atoms with Crippen molar-refractivity contribution in [1.29, 1.82) is 0 Å². The second kappa shape index (κ2) is 6.11. The maximum Gasteiger partial charge on any atom is 0.323 e. The average molecular weight is 213 g/mol. The van der Waals surface area contributed by atoms with Crippen LogP contribution in [0.25, 0.3) is 0 Å². The molecule has 0 amide bonds. The van der Waals surface area contributed by atoms with Crippen LogP contribution in [0.4, 0.5) is 0 Å². The topological polar surface area (TPSA) is 38.3 Å². The predicted molar refractivity (Wildman–Crippen MR) is 60.7 cm³/mol. The molecule has 1 aliphatic rings. The van der Waals surface area contributed by atoms with Crippen molar-refractivity contribution in [3.05, 3.63) is 0 Å². The minimum Gasteiger partial charge on any atom is -0.468 e. The number of esters is 1. The van der Waals surface area contributed by atoms with Crippen LogP contribution >= 0.6 is 0 Å². The number of methoxy groups -OCH3 is 1. The third kappa shape index (κ3) is 3.49. The van der Waals surface area contributed by atoms with Crippen molar-refractivity contribution in [2.75, 3.05) is 7.11 Å². The molecule has 0 bridgehead atoms. The van der Waals surface area contributed by atoms with E-state index in [2.05, 4.69) is 19.2 Å². The SMILES string of the molecule is CCC(C)C(NC1CCCC1)C(=O)OC. The summed E-state index contributed by atoms with van der Waals surface area (Å²) in [7, 11) is 1.47. The summed E-state index contributed by atoms with van der Waals surface area (Å²) in [6, 6.07) is 0.395. The van der Waals surface area contributed by atoms with E-state index in [1.54, 1.807) is 0 Å². The van der Waals surface area contributed by atoms with E-state index in [9.17, 15) is 4.79 Å². The lowest BCUT2D eigenvalue weighted by atomic mass is 9.98. The zero-order chi connectivity index (χ0) is 11.3. The van der Waals surface area contributed by atoms with E-state index in [4.69, 9.17) is 4.74 Å². The van der Waals surface area contributed by atoms with Gasteiger partial charge in [0, 0.05) is 6.04 Å². The van der Waals surface area contributed by atoms with Gasteiger partial charge in [-0.15, -0.1) is 0 Å². The Balaban J connectivity index is 2.51. The van der Waals surface area contributed by atoms with E-state index >= 15 is 0 Å². The molecule has 88 valence electrons. The van der Waals surface area contributed by atoms with Crippen molar-refractivity contribution >= 4 is 5.97 Å². The zero-order valence-corrected chi connectivity index (χ0v) is 10.1. The smallest absolute Gasteiger partial charge is 0.323 e. The van der Waals surface area contributed by atoms with Gasteiger partial charge in [-0.25, -0.2) is 0 Å². The standard InChI is InChI=1S/C12H23NO2/c1-4-9(2)11(12(14)15-3)13-10-7-5-6-8-10/h9-11,13H,4-8H2,1-3H3. The molecule has 0 heterocycles. The molecular weight excluding hydrogens is 190 g/mol. The van der Waals surface area contributed by atoms with Gasteiger partial charge in [-0.05, 0) is 18.8 Å². The first-order valence-electron chi connectivity index (χ1n) is 6.03. The van der Waals surface area contributed by atoms with Crippen molar-refractivity contribution in [2.45, 2.75) is 58.0 Å². The fourth-order valence-corrected chi connectivity index (χ4v) is 2.17. The zero-order valence-electron chi connectivity index (χ0n) is 10.1. The minimum atomic E-state index is -0.122. The number of hydrogen-bond donors (Lipinski definition) is 1. The van der Waals surface area contributed by atoms with Gasteiger partial charge in [-0.1, -0.05) is 33.1 Å². The lowest BCUT2D eigenvalue weighted by molar-refractivity contribution is -0.144. The molecule has 0 aromatic rings. The average Bonchev–Trinajstić information content (AvgIpc) is 2.76. The van der Waals surface area contributed by atoms with E-state index in [1.165, 1.54) is 32.8 Å². The van der Waals surface area contributed by atoms with Gasteiger partial charge in [-0.2, -0.15) is 0 Å². The van der Waals surface area contributed by atoms with Crippen LogP contribution in [0, 0.1) is 5.92 Å². The van der Waals surface area contributed by atoms with E-state index in [-0.39, 0.29) is 12.0 Å². The monoisotopic (exact) mass is 213 g/mol. The summed E-state index contributed by atoms with van der Waals surface area (Å²) in [5.74, 6) is 0.231. The van der Waals surface area contributed by atoms with Gasteiger partial charge in [0.15, 0.2) is 0 Å². The van der Waals surface area contributed by atoms with Crippen molar-refractivity contribution in [1.82, 2.24) is 5.32 Å². The second-order valence-electron chi connectivity index (χ2n) is 4.53. The second-order valence-corrected chi connectivity index (χ2v) is 4.53.